The number of hydrogen-bond donors (Lipinski definition) is 2. The summed E-state index contributed by atoms with van der Waals surface area (Å²) in [6.07, 6.45) is 0. The molecule has 4 nitrogen and oxygen atoms in total. The van der Waals surface area contributed by atoms with Crippen molar-refractivity contribution in [2.75, 3.05) is 39.8 Å². The van der Waals surface area contributed by atoms with Crippen LogP contribution >= 0.6 is 0 Å². The Morgan fingerprint density at radius 3 is 2.64 bits per heavy atom. The number of piperazine rings is 1. The Bertz CT molecular complexity index is 184. The smallest absolute Gasteiger partial charge is 0.0621 e. The Kier molecular flexibility index (Phi) is 3.89. The molecule has 84 valence electrons. The topological polar surface area (TPSA) is 52.7 Å². The average Bonchev–Trinajstić information content (AvgIpc) is 2.11. The molecule has 1 fully saturated rings. The van der Waals surface area contributed by atoms with E-state index in [2.05, 4.69) is 23.8 Å². The van der Waals surface area contributed by atoms with Crippen LogP contribution in [0.2, 0.25) is 0 Å². The summed E-state index contributed by atoms with van der Waals surface area (Å²) in [7, 11) is 2.15. The molecule has 4 heteroatoms. The van der Waals surface area contributed by atoms with Crippen LogP contribution in [-0.2, 0) is 0 Å². The van der Waals surface area contributed by atoms with Crippen molar-refractivity contribution < 1.29 is 5.11 Å². The molecule has 0 amide bonds. The maximum Gasteiger partial charge on any atom is 0.0621 e. The number of nitrogens with two attached hydrogens (primary N) is 1. The SMILES string of the molecule is CC1CN(CC(C)(N)CO)CCN1C. The van der Waals surface area contributed by atoms with Gasteiger partial charge in [-0.15, -0.1) is 0 Å². The first-order valence-corrected chi connectivity index (χ1v) is 5.27. The lowest BCUT2D eigenvalue weighted by Gasteiger charge is -2.40. The second-order valence-corrected chi connectivity index (χ2v) is 4.88. The number of hydrogen-bond acceptors (Lipinski definition) is 4. The van der Waals surface area contributed by atoms with Crippen molar-refractivity contribution >= 4 is 0 Å². The number of aliphatic hydroxyl groups excluding tert-OH is 1. The van der Waals surface area contributed by atoms with Gasteiger partial charge in [0, 0.05) is 37.8 Å². The lowest BCUT2D eigenvalue weighted by atomic mass is 10.0. The number of likely N-dealkylation sites (N-methyl/N-ethyl adjacent to an activating group) is 1. The van der Waals surface area contributed by atoms with E-state index in [0.717, 1.165) is 26.2 Å². The first-order chi connectivity index (χ1) is 6.44. The van der Waals surface area contributed by atoms with E-state index in [1.54, 1.807) is 0 Å². The van der Waals surface area contributed by atoms with Crippen molar-refractivity contribution in [1.82, 2.24) is 9.80 Å². The largest absolute Gasteiger partial charge is 0.394 e. The predicted octanol–water partition coefficient (Wildman–Crippen LogP) is -0.668. The minimum atomic E-state index is -0.463. The molecule has 0 aromatic heterocycles. The highest BCUT2D eigenvalue weighted by Gasteiger charge is 2.26. The van der Waals surface area contributed by atoms with Gasteiger partial charge in [-0.3, -0.25) is 4.90 Å². The van der Waals surface area contributed by atoms with E-state index < -0.39 is 5.54 Å². The molecule has 0 bridgehead atoms. The molecule has 2 atom stereocenters. The molecule has 0 saturated carbocycles. The first kappa shape index (κ1) is 11.9. The highest BCUT2D eigenvalue weighted by Crippen LogP contribution is 2.10. The van der Waals surface area contributed by atoms with Crippen molar-refractivity contribution in [3.63, 3.8) is 0 Å². The van der Waals surface area contributed by atoms with Crippen molar-refractivity contribution in [3.05, 3.63) is 0 Å². The minimum Gasteiger partial charge on any atom is -0.394 e. The van der Waals surface area contributed by atoms with E-state index in [-0.39, 0.29) is 6.61 Å². The van der Waals surface area contributed by atoms with Crippen molar-refractivity contribution in [1.29, 1.82) is 0 Å². The van der Waals surface area contributed by atoms with Gasteiger partial charge in [-0.25, -0.2) is 0 Å². The Balaban J connectivity index is 2.40. The molecule has 2 unspecified atom stereocenters. The molecule has 1 aliphatic heterocycles. The second-order valence-electron chi connectivity index (χ2n) is 4.88. The molecular formula is C10H23N3O. The lowest BCUT2D eigenvalue weighted by molar-refractivity contribution is 0.0741. The molecule has 0 aromatic carbocycles. The molecule has 1 aliphatic rings. The Labute approximate surface area is 86.7 Å². The van der Waals surface area contributed by atoms with Gasteiger partial charge in [0.2, 0.25) is 0 Å². The van der Waals surface area contributed by atoms with Gasteiger partial charge < -0.3 is 15.7 Å². The molecule has 0 radical (unpaired) electrons. The summed E-state index contributed by atoms with van der Waals surface area (Å²) in [6, 6.07) is 0.582. The van der Waals surface area contributed by atoms with Crippen LogP contribution in [0.4, 0.5) is 0 Å². The highest BCUT2D eigenvalue weighted by molar-refractivity contribution is 4.86. The number of rotatable bonds is 3. The molecule has 1 saturated heterocycles. The third kappa shape index (κ3) is 3.20. The summed E-state index contributed by atoms with van der Waals surface area (Å²) in [6.45, 7) is 8.13. The van der Waals surface area contributed by atoms with Crippen LogP contribution < -0.4 is 5.73 Å². The third-order valence-corrected chi connectivity index (χ3v) is 2.99. The molecule has 14 heavy (non-hydrogen) atoms. The van der Waals surface area contributed by atoms with Gasteiger partial charge in [0.25, 0.3) is 0 Å². The van der Waals surface area contributed by atoms with Gasteiger partial charge in [0.15, 0.2) is 0 Å². The van der Waals surface area contributed by atoms with Crippen LogP contribution in [-0.4, -0.2) is 66.3 Å². The van der Waals surface area contributed by atoms with E-state index in [4.69, 9.17) is 10.8 Å². The van der Waals surface area contributed by atoms with E-state index in [1.165, 1.54) is 0 Å². The Morgan fingerprint density at radius 2 is 2.14 bits per heavy atom. The summed E-state index contributed by atoms with van der Waals surface area (Å²) in [4.78, 5) is 4.68. The highest BCUT2D eigenvalue weighted by atomic mass is 16.3. The molecule has 1 heterocycles. The summed E-state index contributed by atoms with van der Waals surface area (Å²) in [5, 5.41) is 9.08. The van der Waals surface area contributed by atoms with Gasteiger partial charge >= 0.3 is 0 Å². The van der Waals surface area contributed by atoms with Crippen molar-refractivity contribution in [2.24, 2.45) is 5.73 Å². The van der Waals surface area contributed by atoms with Crippen LogP contribution in [0.1, 0.15) is 13.8 Å². The zero-order valence-corrected chi connectivity index (χ0v) is 9.53. The summed E-state index contributed by atoms with van der Waals surface area (Å²) < 4.78 is 0. The van der Waals surface area contributed by atoms with Gasteiger partial charge in [-0.1, -0.05) is 0 Å². The molecular weight excluding hydrogens is 178 g/mol. The Hall–Kier alpha value is -0.160. The van der Waals surface area contributed by atoms with E-state index in [1.807, 2.05) is 6.92 Å². The van der Waals surface area contributed by atoms with E-state index in [9.17, 15) is 0 Å². The Morgan fingerprint density at radius 1 is 1.50 bits per heavy atom. The fraction of sp³-hybridized carbons (Fsp3) is 1.00. The maximum absolute atomic E-state index is 9.08. The zero-order valence-electron chi connectivity index (χ0n) is 9.53. The van der Waals surface area contributed by atoms with Gasteiger partial charge in [0.05, 0.1) is 6.61 Å². The van der Waals surface area contributed by atoms with E-state index in [0.29, 0.717) is 6.04 Å². The normalized spacial score (nSPS) is 30.2. The van der Waals surface area contributed by atoms with Crippen LogP contribution in [0.15, 0.2) is 0 Å². The van der Waals surface area contributed by atoms with E-state index >= 15 is 0 Å². The number of nitrogens with zero attached hydrogens (tertiary/aromatic N) is 2. The van der Waals surface area contributed by atoms with Crippen molar-refractivity contribution in [3.8, 4) is 0 Å². The summed E-state index contributed by atoms with van der Waals surface area (Å²) in [5.41, 5.74) is 5.46. The van der Waals surface area contributed by atoms with Crippen LogP contribution in [0.3, 0.4) is 0 Å². The van der Waals surface area contributed by atoms with Crippen LogP contribution in [0.25, 0.3) is 0 Å². The van der Waals surface area contributed by atoms with Crippen LogP contribution in [0, 0.1) is 0 Å². The predicted molar refractivity (Wildman–Crippen MR) is 58.2 cm³/mol. The number of aliphatic hydroxyl groups is 1. The molecule has 3 N–H and O–H groups in total. The fourth-order valence-electron chi connectivity index (χ4n) is 1.83. The first-order valence-electron chi connectivity index (χ1n) is 5.27. The third-order valence-electron chi connectivity index (χ3n) is 2.99. The monoisotopic (exact) mass is 201 g/mol. The minimum absolute atomic E-state index is 0.0493. The molecule has 0 spiro atoms. The van der Waals surface area contributed by atoms with Gasteiger partial charge in [0.1, 0.15) is 0 Å². The molecule has 0 aromatic rings. The zero-order chi connectivity index (χ0) is 10.8. The summed E-state index contributed by atoms with van der Waals surface area (Å²) in [5.74, 6) is 0. The fourth-order valence-corrected chi connectivity index (χ4v) is 1.83. The average molecular weight is 201 g/mol. The quantitative estimate of drug-likeness (QED) is 0.636. The maximum atomic E-state index is 9.08. The lowest BCUT2D eigenvalue weighted by Crippen LogP contribution is -2.57. The van der Waals surface area contributed by atoms with Gasteiger partial charge in [-0.2, -0.15) is 0 Å². The molecule has 1 rings (SSSR count). The standard InChI is InChI=1S/C10H23N3O/c1-9-6-13(5-4-12(9)3)7-10(2,11)8-14/h9,14H,4-8,11H2,1-3H3. The molecule has 0 aliphatic carbocycles. The summed E-state index contributed by atoms with van der Waals surface area (Å²) >= 11 is 0. The van der Waals surface area contributed by atoms with Crippen LogP contribution in [0.5, 0.6) is 0 Å². The second kappa shape index (κ2) is 4.57. The van der Waals surface area contributed by atoms with Crippen molar-refractivity contribution in [2.45, 2.75) is 25.4 Å². The van der Waals surface area contributed by atoms with Gasteiger partial charge in [-0.05, 0) is 20.9 Å².